The molecule has 0 radical (unpaired) electrons. The molecule has 5 rings (SSSR count). The Labute approximate surface area is 227 Å². The number of aromatic nitrogens is 2. The fourth-order valence-electron chi connectivity index (χ4n) is 4.88. The molecule has 11 nitrogen and oxygen atoms in total. The van der Waals surface area contributed by atoms with Crippen molar-refractivity contribution in [1.82, 2.24) is 25.1 Å². The molecule has 2 aromatic heterocycles. The lowest BCUT2D eigenvalue weighted by molar-refractivity contribution is -0.132. The van der Waals surface area contributed by atoms with Gasteiger partial charge >= 0.3 is 0 Å². The number of pyridine rings is 1. The van der Waals surface area contributed by atoms with Gasteiger partial charge in [-0.3, -0.25) is 14.5 Å². The average Bonchev–Trinajstić information content (AvgIpc) is 3.41. The Morgan fingerprint density at radius 3 is 2.85 bits per heavy atom. The molecule has 2 aliphatic heterocycles. The molecule has 206 valence electrons. The van der Waals surface area contributed by atoms with Crippen molar-refractivity contribution in [2.45, 2.75) is 45.1 Å². The quantitative estimate of drug-likeness (QED) is 0.356. The van der Waals surface area contributed by atoms with Gasteiger partial charge in [0.05, 0.1) is 17.8 Å². The zero-order valence-electron chi connectivity index (χ0n) is 22.2. The highest BCUT2D eigenvalue weighted by atomic mass is 16.5. The second-order valence-corrected chi connectivity index (χ2v) is 10.5. The number of likely N-dealkylation sites (tertiary alicyclic amines) is 1. The first kappa shape index (κ1) is 26.6. The van der Waals surface area contributed by atoms with Crippen LogP contribution >= 0.6 is 0 Å². The molecule has 2 amide bonds. The summed E-state index contributed by atoms with van der Waals surface area (Å²) in [6.07, 6.45) is 5.44. The maximum absolute atomic E-state index is 12.8. The van der Waals surface area contributed by atoms with Gasteiger partial charge in [0.25, 0.3) is 5.91 Å². The van der Waals surface area contributed by atoms with Crippen molar-refractivity contribution < 1.29 is 23.8 Å². The van der Waals surface area contributed by atoms with E-state index in [2.05, 4.69) is 37.6 Å². The molecule has 0 unspecified atom stereocenters. The van der Waals surface area contributed by atoms with Gasteiger partial charge in [-0.15, -0.1) is 0 Å². The number of nitrogens with zero attached hydrogens (tertiary/aromatic N) is 4. The molecule has 11 heteroatoms. The predicted octanol–water partition coefficient (Wildman–Crippen LogP) is 1.83. The smallest absolute Gasteiger partial charge is 0.251 e. The third-order valence-corrected chi connectivity index (χ3v) is 7.03. The van der Waals surface area contributed by atoms with Gasteiger partial charge in [-0.2, -0.15) is 0 Å². The Hall–Kier alpha value is -3.96. The minimum Gasteiger partial charge on any atom is -0.486 e. The number of amides is 2. The van der Waals surface area contributed by atoms with Crippen LogP contribution in [0.2, 0.25) is 0 Å². The van der Waals surface area contributed by atoms with E-state index in [-0.39, 0.29) is 24.4 Å². The van der Waals surface area contributed by atoms with Gasteiger partial charge in [0, 0.05) is 58.0 Å². The Kier molecular flexibility index (Phi) is 7.80. The number of carbonyl (C=O) groups excluding carboxylic acids is 2. The zero-order valence-corrected chi connectivity index (χ0v) is 22.2. The van der Waals surface area contributed by atoms with Gasteiger partial charge in [-0.05, 0) is 48.7 Å². The summed E-state index contributed by atoms with van der Waals surface area (Å²) < 4.78 is 11.0. The number of oxazole rings is 1. The summed E-state index contributed by atoms with van der Waals surface area (Å²) >= 11 is 0. The number of carbonyl (C=O) groups is 2. The number of anilines is 1. The third kappa shape index (κ3) is 6.92. The number of rotatable bonds is 10. The first-order valence-corrected chi connectivity index (χ1v) is 13.1. The van der Waals surface area contributed by atoms with E-state index in [0.29, 0.717) is 49.9 Å². The highest BCUT2D eigenvalue weighted by Crippen LogP contribution is 2.25. The average molecular weight is 535 g/mol. The fourth-order valence-corrected chi connectivity index (χ4v) is 4.88. The highest BCUT2D eigenvalue weighted by Gasteiger charge is 2.29. The monoisotopic (exact) mass is 534 g/mol. The number of β-amino-alcohol motifs (C(OH)–C–C–N with tert-alkyl or cyclic N) is 1. The number of hydrogen-bond acceptors (Lipinski definition) is 9. The molecule has 39 heavy (non-hydrogen) atoms. The number of fused-ring (bicyclic) bond motifs is 1. The van der Waals surface area contributed by atoms with Gasteiger partial charge in [0.2, 0.25) is 5.91 Å². The summed E-state index contributed by atoms with van der Waals surface area (Å²) in [5.74, 6) is 1.81. The van der Waals surface area contributed by atoms with Crippen molar-refractivity contribution >= 4 is 17.6 Å². The normalized spacial score (nSPS) is 17.1. The first-order chi connectivity index (χ1) is 18.7. The Morgan fingerprint density at radius 1 is 1.23 bits per heavy atom. The van der Waals surface area contributed by atoms with Crippen LogP contribution in [0.1, 0.15) is 41.1 Å². The SMILES string of the molecule is CC(=O)N1CC(Nc2cc(C(=O)NC[C@@](C)(O)CN3CCc4cc(OCc5cnco5)ccc4C3)ccn2)C1. The molecular weight excluding hydrogens is 500 g/mol. The molecule has 3 aromatic rings. The van der Waals surface area contributed by atoms with Gasteiger partial charge in [-0.1, -0.05) is 6.07 Å². The van der Waals surface area contributed by atoms with Crippen molar-refractivity contribution in [2.24, 2.45) is 0 Å². The van der Waals surface area contributed by atoms with Crippen LogP contribution in [0.4, 0.5) is 5.82 Å². The molecule has 1 fully saturated rings. The summed E-state index contributed by atoms with van der Waals surface area (Å²) in [7, 11) is 0. The van der Waals surface area contributed by atoms with Crippen LogP contribution in [0.3, 0.4) is 0 Å². The van der Waals surface area contributed by atoms with Crippen LogP contribution in [0.5, 0.6) is 5.75 Å². The summed E-state index contributed by atoms with van der Waals surface area (Å²) in [5, 5.41) is 17.2. The van der Waals surface area contributed by atoms with E-state index in [1.165, 1.54) is 17.5 Å². The molecule has 0 saturated carbocycles. The first-order valence-electron chi connectivity index (χ1n) is 13.1. The molecule has 2 aliphatic rings. The summed E-state index contributed by atoms with van der Waals surface area (Å²) in [4.78, 5) is 36.3. The Bertz CT molecular complexity index is 1310. The van der Waals surface area contributed by atoms with Crippen LogP contribution in [-0.2, 0) is 24.4 Å². The molecular formula is C28H34N6O5. The van der Waals surface area contributed by atoms with Gasteiger partial charge in [-0.25, -0.2) is 9.97 Å². The Balaban J connectivity index is 1.09. The van der Waals surface area contributed by atoms with Gasteiger partial charge in [0.1, 0.15) is 18.2 Å². The molecule has 0 bridgehead atoms. The topological polar surface area (TPSA) is 133 Å². The number of benzene rings is 1. The van der Waals surface area contributed by atoms with Crippen LogP contribution < -0.4 is 15.4 Å². The van der Waals surface area contributed by atoms with Crippen molar-refractivity contribution in [3.05, 3.63) is 71.6 Å². The number of aliphatic hydroxyl groups is 1. The summed E-state index contributed by atoms with van der Waals surface area (Å²) in [5.41, 5.74) is 1.78. The van der Waals surface area contributed by atoms with E-state index in [1.807, 2.05) is 6.07 Å². The number of ether oxygens (including phenoxy) is 1. The van der Waals surface area contributed by atoms with E-state index in [9.17, 15) is 14.7 Å². The van der Waals surface area contributed by atoms with Crippen molar-refractivity contribution in [2.75, 3.05) is 38.0 Å². The number of hydrogen-bond donors (Lipinski definition) is 3. The van der Waals surface area contributed by atoms with Crippen LogP contribution in [0, 0.1) is 0 Å². The van der Waals surface area contributed by atoms with Crippen LogP contribution in [-0.4, -0.2) is 81.1 Å². The van der Waals surface area contributed by atoms with Gasteiger partial charge < -0.3 is 29.8 Å². The third-order valence-electron chi connectivity index (χ3n) is 7.03. The lowest BCUT2D eigenvalue weighted by Gasteiger charge is -2.39. The maximum atomic E-state index is 12.8. The summed E-state index contributed by atoms with van der Waals surface area (Å²) in [6, 6.07) is 9.51. The minimum absolute atomic E-state index is 0.0499. The van der Waals surface area contributed by atoms with Crippen LogP contribution in [0.25, 0.3) is 0 Å². The molecule has 1 aromatic carbocycles. The standard InChI is InChI=1S/C28H34N6O5/c1-19(35)34-13-23(14-34)32-26-10-21(5-7-30-26)27(36)31-16-28(2,37)17-33-8-6-20-9-24(4-3-22(20)12-33)38-15-25-11-29-18-39-25/h3-5,7,9-11,18,23,37H,6,8,12-17H2,1-2H3,(H,30,32)(H,31,36)/t28-/m1/s1. The summed E-state index contributed by atoms with van der Waals surface area (Å²) in [6.45, 7) is 6.91. The lowest BCUT2D eigenvalue weighted by atomic mass is 9.97. The van der Waals surface area contributed by atoms with Crippen LogP contribution in [0.15, 0.2) is 53.5 Å². The second-order valence-electron chi connectivity index (χ2n) is 10.5. The largest absolute Gasteiger partial charge is 0.486 e. The molecule has 1 atom stereocenters. The van der Waals surface area contributed by atoms with E-state index in [4.69, 9.17) is 9.15 Å². The van der Waals surface area contributed by atoms with E-state index < -0.39 is 5.60 Å². The molecule has 0 spiro atoms. The number of nitrogens with one attached hydrogen (secondary N) is 2. The second kappa shape index (κ2) is 11.4. The zero-order chi connectivity index (χ0) is 27.4. The molecule has 3 N–H and O–H groups in total. The van der Waals surface area contributed by atoms with E-state index in [1.54, 1.807) is 43.3 Å². The van der Waals surface area contributed by atoms with Crippen molar-refractivity contribution in [1.29, 1.82) is 0 Å². The highest BCUT2D eigenvalue weighted by molar-refractivity contribution is 5.94. The minimum atomic E-state index is -1.11. The predicted molar refractivity (Wildman–Crippen MR) is 143 cm³/mol. The van der Waals surface area contributed by atoms with Crippen molar-refractivity contribution in [3.8, 4) is 5.75 Å². The maximum Gasteiger partial charge on any atom is 0.251 e. The molecule has 4 heterocycles. The lowest BCUT2D eigenvalue weighted by Crippen LogP contribution is -2.56. The van der Waals surface area contributed by atoms with E-state index >= 15 is 0 Å². The fraction of sp³-hybridized carbons (Fsp3) is 0.429. The molecule has 0 aliphatic carbocycles. The molecule has 1 saturated heterocycles. The Morgan fingerprint density at radius 2 is 2.08 bits per heavy atom. The van der Waals surface area contributed by atoms with E-state index in [0.717, 1.165) is 18.7 Å². The van der Waals surface area contributed by atoms with Gasteiger partial charge in [0.15, 0.2) is 12.2 Å². The van der Waals surface area contributed by atoms with Crippen molar-refractivity contribution in [3.63, 3.8) is 0 Å².